The van der Waals surface area contributed by atoms with Crippen molar-refractivity contribution in [2.75, 3.05) is 46.2 Å². The van der Waals surface area contributed by atoms with Crippen LogP contribution in [0.25, 0.3) is 0 Å². The number of nitrogens with zero attached hydrogens (tertiary/aromatic N) is 4. The van der Waals surface area contributed by atoms with E-state index >= 15 is 0 Å². The summed E-state index contributed by atoms with van der Waals surface area (Å²) in [4.78, 5) is 9.02. The van der Waals surface area contributed by atoms with Crippen molar-refractivity contribution >= 4 is 9.84 Å². The van der Waals surface area contributed by atoms with Crippen molar-refractivity contribution in [2.45, 2.75) is 31.2 Å². The van der Waals surface area contributed by atoms with Gasteiger partial charge in [-0.15, -0.1) is 0 Å². The van der Waals surface area contributed by atoms with E-state index < -0.39 is 9.84 Å². The maximum Gasteiger partial charge on any atom is 0.227 e. The third kappa shape index (κ3) is 4.63. The fraction of sp³-hybridized carbons (Fsp3) is 0.550. The van der Waals surface area contributed by atoms with Crippen molar-refractivity contribution in [3.05, 3.63) is 47.8 Å². The molecule has 1 aromatic carbocycles. The summed E-state index contributed by atoms with van der Waals surface area (Å²) in [7, 11) is 0.378. The van der Waals surface area contributed by atoms with Gasteiger partial charge in [-0.3, -0.25) is 4.90 Å². The molecule has 0 radical (unpaired) electrons. The first-order valence-electron chi connectivity index (χ1n) is 9.70. The Hall–Kier alpha value is -1.74. The first kappa shape index (κ1) is 21.0. The molecule has 0 saturated carbocycles. The van der Waals surface area contributed by atoms with Crippen LogP contribution < -0.4 is 0 Å². The molecule has 0 amide bonds. The van der Waals surface area contributed by atoms with Gasteiger partial charge in [-0.25, -0.2) is 13.4 Å². The number of hydrogen-bond acceptors (Lipinski definition) is 6. The van der Waals surface area contributed by atoms with E-state index in [0.29, 0.717) is 19.7 Å². The molecule has 1 aliphatic rings. The minimum atomic E-state index is -3.38. The van der Waals surface area contributed by atoms with Crippen LogP contribution in [0.5, 0.6) is 0 Å². The van der Waals surface area contributed by atoms with Crippen molar-refractivity contribution in [3.8, 4) is 0 Å². The molecular formula is C20H30N4O3S. The van der Waals surface area contributed by atoms with E-state index in [2.05, 4.69) is 46.1 Å². The summed E-state index contributed by atoms with van der Waals surface area (Å²) >= 11 is 0. The van der Waals surface area contributed by atoms with E-state index in [1.807, 2.05) is 10.6 Å². The highest BCUT2D eigenvalue weighted by molar-refractivity contribution is 7.91. The van der Waals surface area contributed by atoms with Crippen LogP contribution in [0, 0.1) is 0 Å². The molecule has 0 aliphatic carbocycles. The Bertz CT molecular complexity index is 867. The first-order valence-corrected chi connectivity index (χ1v) is 11.3. The largest absolute Gasteiger partial charge is 0.383 e. The number of ether oxygens (including phenoxy) is 1. The molecule has 154 valence electrons. The Balaban J connectivity index is 1.90. The van der Waals surface area contributed by atoms with Crippen LogP contribution in [0.2, 0.25) is 0 Å². The lowest BCUT2D eigenvalue weighted by Gasteiger charge is -2.40. The van der Waals surface area contributed by atoms with Crippen LogP contribution >= 0.6 is 0 Å². The van der Waals surface area contributed by atoms with Gasteiger partial charge < -0.3 is 14.2 Å². The van der Waals surface area contributed by atoms with Crippen LogP contribution in [-0.4, -0.2) is 73.9 Å². The summed E-state index contributed by atoms with van der Waals surface area (Å²) in [6, 6.07) is 10.7. The Morgan fingerprint density at radius 2 is 1.96 bits per heavy atom. The van der Waals surface area contributed by atoms with Crippen molar-refractivity contribution in [3.63, 3.8) is 0 Å². The fourth-order valence-electron chi connectivity index (χ4n) is 3.66. The van der Waals surface area contributed by atoms with Gasteiger partial charge in [0.05, 0.1) is 24.3 Å². The highest BCUT2D eigenvalue weighted by atomic mass is 32.2. The van der Waals surface area contributed by atoms with Gasteiger partial charge in [0, 0.05) is 45.9 Å². The second-order valence-corrected chi connectivity index (χ2v) is 9.41. The van der Waals surface area contributed by atoms with Gasteiger partial charge in [0.1, 0.15) is 0 Å². The molecule has 2 heterocycles. The van der Waals surface area contributed by atoms with Crippen LogP contribution in [0.1, 0.15) is 24.2 Å². The minimum Gasteiger partial charge on any atom is -0.383 e. The van der Waals surface area contributed by atoms with E-state index in [0.717, 1.165) is 25.3 Å². The lowest BCUT2D eigenvalue weighted by atomic mass is 10.0. The number of sulfone groups is 1. The van der Waals surface area contributed by atoms with Gasteiger partial charge in [-0.05, 0) is 12.6 Å². The number of rotatable bonds is 8. The Kier molecular flexibility index (Phi) is 6.87. The van der Waals surface area contributed by atoms with Gasteiger partial charge in [-0.1, -0.05) is 37.3 Å². The predicted octanol–water partition coefficient (Wildman–Crippen LogP) is 1.81. The second kappa shape index (κ2) is 9.17. The smallest absolute Gasteiger partial charge is 0.227 e. The normalized spacial score (nSPS) is 19.2. The van der Waals surface area contributed by atoms with E-state index in [-0.39, 0.29) is 17.0 Å². The Morgan fingerprint density at radius 3 is 2.64 bits per heavy atom. The van der Waals surface area contributed by atoms with Crippen LogP contribution in [0.3, 0.4) is 0 Å². The molecule has 1 aliphatic heterocycles. The Morgan fingerprint density at radius 1 is 1.21 bits per heavy atom. The lowest BCUT2D eigenvalue weighted by Crippen LogP contribution is -2.46. The molecule has 1 fully saturated rings. The molecule has 28 heavy (non-hydrogen) atoms. The SMILES string of the molecule is CCS(=O)(=O)c1ncc(CN2CCN(C)C[C@@H]2c2ccccc2)n1CCOC. The van der Waals surface area contributed by atoms with Gasteiger partial charge in [0.15, 0.2) is 0 Å². The molecule has 1 atom stereocenters. The summed E-state index contributed by atoms with van der Waals surface area (Å²) in [6.07, 6.45) is 1.71. The molecule has 7 nitrogen and oxygen atoms in total. The van der Waals surface area contributed by atoms with Crippen molar-refractivity contribution in [2.24, 2.45) is 0 Å². The number of hydrogen-bond donors (Lipinski definition) is 0. The molecule has 1 saturated heterocycles. The average Bonchev–Trinajstić information content (AvgIpc) is 3.11. The van der Waals surface area contributed by atoms with Gasteiger partial charge >= 0.3 is 0 Å². The van der Waals surface area contributed by atoms with Crippen LogP contribution in [0.4, 0.5) is 0 Å². The van der Waals surface area contributed by atoms with Gasteiger partial charge in [0.2, 0.25) is 15.0 Å². The van der Waals surface area contributed by atoms with E-state index in [1.165, 1.54) is 5.56 Å². The first-order chi connectivity index (χ1) is 13.5. The average molecular weight is 407 g/mol. The number of piperazine rings is 1. The van der Waals surface area contributed by atoms with Crippen molar-refractivity contribution in [1.29, 1.82) is 0 Å². The maximum absolute atomic E-state index is 12.5. The molecule has 8 heteroatoms. The van der Waals surface area contributed by atoms with Crippen molar-refractivity contribution < 1.29 is 13.2 Å². The number of imidazole rings is 1. The summed E-state index contributed by atoms with van der Waals surface area (Å²) < 4.78 is 32.0. The number of aromatic nitrogens is 2. The third-order valence-corrected chi connectivity index (χ3v) is 6.96. The standard InChI is InChI=1S/C20H30N4O3S/c1-4-28(25,26)20-21-14-18(24(20)12-13-27-3)15-23-11-10-22(2)16-19(23)17-8-6-5-7-9-17/h5-9,14,19H,4,10-13,15-16H2,1-3H3/t19-/m1/s1. The molecule has 0 unspecified atom stereocenters. The monoisotopic (exact) mass is 406 g/mol. The molecule has 2 aromatic rings. The van der Waals surface area contributed by atoms with Gasteiger partial charge in [-0.2, -0.15) is 0 Å². The second-order valence-electron chi connectivity index (χ2n) is 7.24. The highest BCUT2D eigenvalue weighted by Crippen LogP contribution is 2.27. The van der Waals surface area contributed by atoms with Crippen molar-refractivity contribution in [1.82, 2.24) is 19.4 Å². The molecule has 0 bridgehead atoms. The van der Waals surface area contributed by atoms with Gasteiger partial charge in [0.25, 0.3) is 0 Å². The van der Waals surface area contributed by atoms with E-state index in [1.54, 1.807) is 20.2 Å². The summed E-state index contributed by atoms with van der Waals surface area (Å²) in [5.74, 6) is 0.0393. The number of likely N-dealkylation sites (N-methyl/N-ethyl adjacent to an activating group) is 1. The summed E-state index contributed by atoms with van der Waals surface area (Å²) in [6.45, 7) is 6.07. The lowest BCUT2D eigenvalue weighted by molar-refractivity contribution is 0.0804. The van der Waals surface area contributed by atoms with Crippen LogP contribution in [-0.2, 0) is 27.7 Å². The zero-order valence-electron chi connectivity index (χ0n) is 16.9. The maximum atomic E-state index is 12.5. The minimum absolute atomic E-state index is 0.0393. The number of benzene rings is 1. The molecule has 3 rings (SSSR count). The quantitative estimate of drug-likeness (QED) is 0.666. The van der Waals surface area contributed by atoms with E-state index in [4.69, 9.17) is 4.74 Å². The molecule has 1 aromatic heterocycles. The van der Waals surface area contributed by atoms with Crippen LogP contribution in [0.15, 0.2) is 41.7 Å². The predicted molar refractivity (Wildman–Crippen MR) is 109 cm³/mol. The topological polar surface area (TPSA) is 67.7 Å². The number of methoxy groups -OCH3 is 1. The summed E-state index contributed by atoms with van der Waals surface area (Å²) in [5, 5.41) is 0.146. The highest BCUT2D eigenvalue weighted by Gasteiger charge is 2.29. The molecule has 0 spiro atoms. The summed E-state index contributed by atoms with van der Waals surface area (Å²) in [5.41, 5.74) is 2.19. The zero-order chi connectivity index (χ0) is 20.1. The van der Waals surface area contributed by atoms with E-state index in [9.17, 15) is 8.42 Å². The Labute approximate surface area is 167 Å². The molecule has 0 N–H and O–H groups in total. The fourth-order valence-corrected chi connectivity index (χ4v) is 4.68. The molecular weight excluding hydrogens is 376 g/mol. The third-order valence-electron chi connectivity index (χ3n) is 5.32. The zero-order valence-corrected chi connectivity index (χ0v) is 17.7.